The topological polar surface area (TPSA) is 38.0 Å². The second-order valence-electron chi connectivity index (χ2n) is 3.42. The molecule has 0 saturated carbocycles. The van der Waals surface area contributed by atoms with E-state index in [9.17, 15) is 8.78 Å². The van der Waals surface area contributed by atoms with Gasteiger partial charge in [-0.2, -0.15) is 0 Å². The molecular formula is C11H16F2N2. The molecule has 15 heavy (non-hydrogen) atoms. The van der Waals surface area contributed by atoms with Crippen LogP contribution in [0.3, 0.4) is 0 Å². The van der Waals surface area contributed by atoms with Crippen molar-refractivity contribution in [1.82, 2.24) is 0 Å². The molecule has 1 rings (SSSR count). The van der Waals surface area contributed by atoms with E-state index in [0.717, 1.165) is 6.42 Å². The van der Waals surface area contributed by atoms with Gasteiger partial charge in [0.05, 0.1) is 5.69 Å². The van der Waals surface area contributed by atoms with Crippen molar-refractivity contribution in [2.75, 3.05) is 18.4 Å². The van der Waals surface area contributed by atoms with Gasteiger partial charge in [-0.05, 0) is 37.6 Å². The number of hydrogen-bond donors (Lipinski definition) is 2. The van der Waals surface area contributed by atoms with E-state index < -0.39 is 12.0 Å². The van der Waals surface area contributed by atoms with Crippen LogP contribution in [0.4, 0.5) is 14.5 Å². The number of rotatable bonds is 5. The van der Waals surface area contributed by atoms with E-state index in [0.29, 0.717) is 24.3 Å². The Kier molecular flexibility index (Phi) is 4.49. The van der Waals surface area contributed by atoms with E-state index in [1.165, 1.54) is 13.0 Å². The highest BCUT2D eigenvalue weighted by atomic mass is 19.1. The predicted molar refractivity (Wildman–Crippen MR) is 58.1 cm³/mol. The lowest BCUT2D eigenvalue weighted by Gasteiger charge is -2.09. The Labute approximate surface area is 88.5 Å². The molecule has 0 heterocycles. The van der Waals surface area contributed by atoms with Gasteiger partial charge >= 0.3 is 0 Å². The monoisotopic (exact) mass is 214 g/mol. The fraction of sp³-hybridized carbons (Fsp3) is 0.455. The molecular weight excluding hydrogens is 198 g/mol. The first kappa shape index (κ1) is 11.9. The van der Waals surface area contributed by atoms with Gasteiger partial charge in [-0.1, -0.05) is 6.07 Å². The van der Waals surface area contributed by atoms with Crippen molar-refractivity contribution in [3.05, 3.63) is 29.6 Å². The third kappa shape index (κ3) is 3.47. The van der Waals surface area contributed by atoms with Crippen LogP contribution in [0, 0.1) is 5.82 Å². The van der Waals surface area contributed by atoms with E-state index in [1.807, 2.05) is 0 Å². The SMILES string of the molecule is CC(F)c1ccc(NCCCN)c(F)c1. The van der Waals surface area contributed by atoms with Crippen LogP contribution in [0.15, 0.2) is 18.2 Å². The van der Waals surface area contributed by atoms with Gasteiger partial charge in [-0.3, -0.25) is 0 Å². The highest BCUT2D eigenvalue weighted by Gasteiger charge is 2.07. The number of hydrogen-bond acceptors (Lipinski definition) is 2. The molecule has 0 aliphatic heterocycles. The Morgan fingerprint density at radius 2 is 2.20 bits per heavy atom. The minimum Gasteiger partial charge on any atom is -0.383 e. The van der Waals surface area contributed by atoms with Crippen molar-refractivity contribution in [1.29, 1.82) is 0 Å². The van der Waals surface area contributed by atoms with Gasteiger partial charge in [0, 0.05) is 6.54 Å². The Bertz CT molecular complexity index is 313. The summed E-state index contributed by atoms with van der Waals surface area (Å²) >= 11 is 0. The summed E-state index contributed by atoms with van der Waals surface area (Å²) in [4.78, 5) is 0. The molecule has 3 N–H and O–H groups in total. The second-order valence-corrected chi connectivity index (χ2v) is 3.42. The van der Waals surface area contributed by atoms with Crippen LogP contribution in [-0.4, -0.2) is 13.1 Å². The van der Waals surface area contributed by atoms with Gasteiger partial charge in [0.15, 0.2) is 0 Å². The molecule has 0 aliphatic rings. The van der Waals surface area contributed by atoms with E-state index in [1.54, 1.807) is 12.1 Å². The van der Waals surface area contributed by atoms with Crippen LogP contribution in [0.2, 0.25) is 0 Å². The lowest BCUT2D eigenvalue weighted by molar-refractivity contribution is 0.373. The third-order valence-electron chi connectivity index (χ3n) is 2.15. The Morgan fingerprint density at radius 1 is 1.47 bits per heavy atom. The lowest BCUT2D eigenvalue weighted by Crippen LogP contribution is -2.09. The van der Waals surface area contributed by atoms with E-state index in [-0.39, 0.29) is 0 Å². The van der Waals surface area contributed by atoms with Gasteiger partial charge in [0.25, 0.3) is 0 Å². The molecule has 1 aromatic carbocycles. The summed E-state index contributed by atoms with van der Waals surface area (Å²) in [7, 11) is 0. The number of nitrogens with one attached hydrogen (secondary N) is 1. The zero-order valence-electron chi connectivity index (χ0n) is 8.76. The predicted octanol–water partition coefficient (Wildman–Crippen LogP) is 2.62. The third-order valence-corrected chi connectivity index (χ3v) is 2.15. The Hall–Kier alpha value is -1.16. The highest BCUT2D eigenvalue weighted by Crippen LogP contribution is 2.22. The van der Waals surface area contributed by atoms with Gasteiger partial charge < -0.3 is 11.1 Å². The van der Waals surface area contributed by atoms with Gasteiger partial charge in [-0.25, -0.2) is 8.78 Å². The van der Waals surface area contributed by atoms with E-state index in [4.69, 9.17) is 5.73 Å². The molecule has 4 heteroatoms. The number of alkyl halides is 1. The second kappa shape index (κ2) is 5.66. The normalized spacial score (nSPS) is 12.5. The maximum atomic E-state index is 13.4. The van der Waals surface area contributed by atoms with E-state index >= 15 is 0 Å². The molecule has 1 atom stereocenters. The molecule has 0 aromatic heterocycles. The Balaban J connectivity index is 2.66. The molecule has 0 saturated heterocycles. The molecule has 0 bridgehead atoms. The van der Waals surface area contributed by atoms with Crippen molar-refractivity contribution in [3.63, 3.8) is 0 Å². The zero-order valence-corrected chi connectivity index (χ0v) is 8.76. The summed E-state index contributed by atoms with van der Waals surface area (Å²) in [5.74, 6) is -0.422. The summed E-state index contributed by atoms with van der Waals surface area (Å²) in [6.07, 6.45) is -0.363. The summed E-state index contributed by atoms with van der Waals surface area (Å²) in [5, 5.41) is 2.90. The van der Waals surface area contributed by atoms with E-state index in [2.05, 4.69) is 5.32 Å². The standard InChI is InChI=1S/C11H16F2N2/c1-8(12)9-3-4-11(10(13)7-9)15-6-2-5-14/h3-4,7-8,15H,2,5-6,14H2,1H3. The first-order valence-electron chi connectivity index (χ1n) is 5.02. The first-order chi connectivity index (χ1) is 7.15. The summed E-state index contributed by atoms with van der Waals surface area (Å²) in [5.41, 5.74) is 6.07. The number of benzene rings is 1. The quantitative estimate of drug-likeness (QED) is 0.739. The molecule has 0 amide bonds. The summed E-state index contributed by atoms with van der Waals surface area (Å²) < 4.78 is 26.2. The van der Waals surface area contributed by atoms with Crippen LogP contribution in [0.5, 0.6) is 0 Å². The molecule has 1 aromatic rings. The number of nitrogens with two attached hydrogens (primary N) is 1. The Morgan fingerprint density at radius 3 is 2.73 bits per heavy atom. The molecule has 2 nitrogen and oxygen atoms in total. The van der Waals surface area contributed by atoms with Crippen LogP contribution in [-0.2, 0) is 0 Å². The van der Waals surface area contributed by atoms with Gasteiger partial charge in [-0.15, -0.1) is 0 Å². The van der Waals surface area contributed by atoms with Crippen LogP contribution < -0.4 is 11.1 Å². The largest absolute Gasteiger partial charge is 0.383 e. The van der Waals surface area contributed by atoms with Crippen molar-refractivity contribution in [2.24, 2.45) is 5.73 Å². The van der Waals surface area contributed by atoms with Crippen LogP contribution in [0.1, 0.15) is 25.1 Å². The molecule has 84 valence electrons. The number of halogens is 2. The van der Waals surface area contributed by atoms with Crippen molar-refractivity contribution >= 4 is 5.69 Å². The van der Waals surface area contributed by atoms with Crippen molar-refractivity contribution in [2.45, 2.75) is 19.5 Å². The van der Waals surface area contributed by atoms with Gasteiger partial charge in [0.1, 0.15) is 12.0 Å². The highest BCUT2D eigenvalue weighted by molar-refractivity contribution is 5.46. The van der Waals surface area contributed by atoms with Crippen molar-refractivity contribution in [3.8, 4) is 0 Å². The maximum absolute atomic E-state index is 13.4. The van der Waals surface area contributed by atoms with Crippen molar-refractivity contribution < 1.29 is 8.78 Å². The fourth-order valence-corrected chi connectivity index (χ4v) is 1.25. The smallest absolute Gasteiger partial charge is 0.146 e. The minimum absolute atomic E-state index is 0.358. The molecule has 0 radical (unpaired) electrons. The molecule has 0 aliphatic carbocycles. The fourth-order valence-electron chi connectivity index (χ4n) is 1.25. The minimum atomic E-state index is -1.14. The number of anilines is 1. The average Bonchev–Trinajstić information content (AvgIpc) is 2.20. The first-order valence-corrected chi connectivity index (χ1v) is 5.02. The maximum Gasteiger partial charge on any atom is 0.146 e. The summed E-state index contributed by atoms with van der Waals surface area (Å²) in [6, 6.07) is 4.35. The molecule has 0 fully saturated rings. The van der Waals surface area contributed by atoms with Crippen LogP contribution >= 0.6 is 0 Å². The zero-order chi connectivity index (χ0) is 11.3. The molecule has 0 spiro atoms. The van der Waals surface area contributed by atoms with Crippen LogP contribution in [0.25, 0.3) is 0 Å². The summed E-state index contributed by atoms with van der Waals surface area (Å²) in [6.45, 7) is 2.57. The molecule has 1 unspecified atom stereocenters. The lowest BCUT2D eigenvalue weighted by atomic mass is 10.1. The van der Waals surface area contributed by atoms with Gasteiger partial charge in [0.2, 0.25) is 0 Å². The average molecular weight is 214 g/mol.